The van der Waals surface area contributed by atoms with Crippen LogP contribution in [0, 0.1) is 0 Å². The summed E-state index contributed by atoms with van der Waals surface area (Å²) >= 11 is 0. The maximum Gasteiger partial charge on any atom is 0.395 e. The Balaban J connectivity index is 2.47. The molecule has 1 aliphatic rings. The Bertz CT molecular complexity index is 702. The zero-order chi connectivity index (χ0) is 16.7. The van der Waals surface area contributed by atoms with E-state index in [-0.39, 0.29) is 17.7 Å². The van der Waals surface area contributed by atoms with E-state index in [1.54, 1.807) is 0 Å². The molecular weight excluding hydrogens is 324 g/mol. The molecule has 0 amide bonds. The number of aliphatic carboxylic acids is 1. The van der Waals surface area contributed by atoms with Crippen LogP contribution in [-0.4, -0.2) is 30.7 Å². The van der Waals surface area contributed by atoms with Crippen molar-refractivity contribution in [2.75, 3.05) is 6.61 Å². The van der Waals surface area contributed by atoms with Crippen LogP contribution in [0.4, 0.5) is 8.78 Å². The summed E-state index contributed by atoms with van der Waals surface area (Å²) in [7, 11) is -5.65. The van der Waals surface area contributed by atoms with E-state index in [0.717, 1.165) is 12.1 Å². The molecule has 0 aromatic heterocycles. The van der Waals surface area contributed by atoms with Gasteiger partial charge in [0.05, 0.1) is 13.0 Å². The second-order valence-electron chi connectivity index (χ2n) is 4.86. The summed E-state index contributed by atoms with van der Waals surface area (Å²) in [5.41, 5.74) is 4.85. The van der Waals surface area contributed by atoms with E-state index in [2.05, 4.69) is 0 Å². The van der Waals surface area contributed by atoms with Gasteiger partial charge in [0, 0.05) is 11.6 Å². The fraction of sp³-hybridized carbons (Fsp3) is 0.417. The molecule has 1 heterocycles. The van der Waals surface area contributed by atoms with E-state index in [1.165, 1.54) is 6.07 Å². The quantitative estimate of drug-likeness (QED) is 0.524. The third-order valence-corrected chi connectivity index (χ3v) is 4.08. The smallest absolute Gasteiger partial charge is 0.395 e. The Morgan fingerprint density at radius 2 is 2.09 bits per heavy atom. The van der Waals surface area contributed by atoms with Gasteiger partial charge in [0.15, 0.2) is 0 Å². The highest BCUT2D eigenvalue weighted by Crippen LogP contribution is 2.42. The fourth-order valence-corrected chi connectivity index (χ4v) is 2.48. The Kier molecular flexibility index (Phi) is 4.22. The molecule has 22 heavy (non-hydrogen) atoms. The van der Waals surface area contributed by atoms with Crippen LogP contribution in [0.25, 0.3) is 0 Å². The van der Waals surface area contributed by atoms with Crippen LogP contribution in [0.5, 0.6) is 0 Å². The molecule has 2 unspecified atom stereocenters. The van der Waals surface area contributed by atoms with Crippen LogP contribution in [0.2, 0.25) is 0 Å². The Hall–Kier alpha value is -1.62. The standard InChI is InChI=1S/C12H13F2NO6S/c13-12(14,22(18,19)20)8-2-1-6(9(15)4-11(16)17)3-7(8)10-5-21-10/h1-3,9-10H,4-5,15H2,(H,16,17)(H,18,19,20). The maximum atomic E-state index is 13.8. The van der Waals surface area contributed by atoms with Crippen LogP contribution in [0.1, 0.15) is 35.3 Å². The Labute approximate surface area is 124 Å². The number of epoxide rings is 1. The van der Waals surface area contributed by atoms with Crippen LogP contribution in [0.15, 0.2) is 18.2 Å². The number of nitrogens with two attached hydrogens (primary N) is 1. The molecule has 1 saturated heterocycles. The van der Waals surface area contributed by atoms with Crippen molar-refractivity contribution in [1.29, 1.82) is 0 Å². The van der Waals surface area contributed by atoms with E-state index in [1.807, 2.05) is 0 Å². The molecular formula is C12H13F2NO6S. The summed E-state index contributed by atoms with van der Waals surface area (Å²) in [5.74, 6) is -1.16. The van der Waals surface area contributed by atoms with Gasteiger partial charge in [-0.15, -0.1) is 0 Å². The molecule has 2 rings (SSSR count). The molecule has 1 aromatic rings. The SMILES string of the molecule is NC(CC(=O)O)c1ccc(C(F)(F)S(=O)(=O)O)c(C2CO2)c1. The highest BCUT2D eigenvalue weighted by molar-refractivity contribution is 7.86. The molecule has 2 atom stereocenters. The first-order valence-corrected chi connectivity index (χ1v) is 7.56. The van der Waals surface area contributed by atoms with Gasteiger partial charge in [-0.1, -0.05) is 18.2 Å². The van der Waals surface area contributed by atoms with Crippen molar-refractivity contribution in [1.82, 2.24) is 0 Å². The number of hydrogen-bond donors (Lipinski definition) is 3. The van der Waals surface area contributed by atoms with E-state index in [0.29, 0.717) is 0 Å². The number of carboxylic acids is 1. The van der Waals surface area contributed by atoms with Gasteiger partial charge in [-0.05, 0) is 11.1 Å². The largest absolute Gasteiger partial charge is 0.481 e. The zero-order valence-electron chi connectivity index (χ0n) is 11.1. The van der Waals surface area contributed by atoms with Crippen molar-refractivity contribution in [3.8, 4) is 0 Å². The number of hydrogen-bond acceptors (Lipinski definition) is 5. The van der Waals surface area contributed by atoms with E-state index < -0.39 is 45.5 Å². The monoisotopic (exact) mass is 337 g/mol. The van der Waals surface area contributed by atoms with Crippen molar-refractivity contribution >= 4 is 16.1 Å². The van der Waals surface area contributed by atoms with Crippen molar-refractivity contribution in [2.24, 2.45) is 5.73 Å². The van der Waals surface area contributed by atoms with Gasteiger partial charge < -0.3 is 15.6 Å². The molecule has 4 N–H and O–H groups in total. The molecule has 122 valence electrons. The molecule has 1 fully saturated rings. The molecule has 10 heteroatoms. The number of ether oxygens (including phenoxy) is 1. The van der Waals surface area contributed by atoms with E-state index in [9.17, 15) is 22.0 Å². The minimum atomic E-state index is -5.65. The summed E-state index contributed by atoms with van der Waals surface area (Å²) in [5, 5.41) is 4.19. The molecule has 0 aliphatic carbocycles. The molecule has 1 aliphatic heterocycles. The van der Waals surface area contributed by atoms with E-state index >= 15 is 0 Å². The first-order valence-electron chi connectivity index (χ1n) is 6.12. The van der Waals surface area contributed by atoms with E-state index in [4.69, 9.17) is 20.1 Å². The zero-order valence-corrected chi connectivity index (χ0v) is 11.9. The topological polar surface area (TPSA) is 130 Å². The second kappa shape index (κ2) is 5.54. The van der Waals surface area contributed by atoms with Crippen LogP contribution < -0.4 is 5.73 Å². The van der Waals surface area contributed by atoms with Crippen molar-refractivity contribution in [2.45, 2.75) is 23.8 Å². The summed E-state index contributed by atoms with van der Waals surface area (Å²) in [6, 6.07) is 2.15. The first kappa shape index (κ1) is 16.7. The third kappa shape index (κ3) is 3.24. The van der Waals surface area contributed by atoms with Crippen LogP contribution in [-0.2, 0) is 24.9 Å². The molecule has 0 saturated carbocycles. The maximum absolute atomic E-state index is 13.8. The highest BCUT2D eigenvalue weighted by Gasteiger charge is 2.49. The lowest BCUT2D eigenvalue weighted by atomic mass is 9.96. The highest BCUT2D eigenvalue weighted by atomic mass is 32.2. The number of benzene rings is 1. The third-order valence-electron chi connectivity index (χ3n) is 3.22. The predicted molar refractivity (Wildman–Crippen MR) is 69.8 cm³/mol. The van der Waals surface area contributed by atoms with Gasteiger partial charge in [0.2, 0.25) is 0 Å². The van der Waals surface area contributed by atoms with Gasteiger partial charge in [-0.2, -0.15) is 17.2 Å². The molecule has 0 bridgehead atoms. The number of rotatable bonds is 6. The van der Waals surface area contributed by atoms with Gasteiger partial charge in [0.1, 0.15) is 6.10 Å². The average molecular weight is 337 g/mol. The van der Waals surface area contributed by atoms with Gasteiger partial charge in [0.25, 0.3) is 0 Å². The van der Waals surface area contributed by atoms with Crippen molar-refractivity contribution < 1.29 is 36.4 Å². The molecule has 1 aromatic carbocycles. The lowest BCUT2D eigenvalue weighted by Gasteiger charge is -2.19. The minimum absolute atomic E-state index is 0.117. The Morgan fingerprint density at radius 1 is 1.50 bits per heavy atom. The second-order valence-corrected chi connectivity index (χ2v) is 6.33. The first-order chi connectivity index (χ1) is 10.0. The van der Waals surface area contributed by atoms with Crippen LogP contribution >= 0.6 is 0 Å². The molecule has 0 radical (unpaired) electrons. The minimum Gasteiger partial charge on any atom is -0.481 e. The van der Waals surface area contributed by atoms with Gasteiger partial charge in [-0.3, -0.25) is 9.35 Å². The summed E-state index contributed by atoms with van der Waals surface area (Å²) in [6.07, 6.45) is -1.15. The number of alkyl halides is 2. The van der Waals surface area contributed by atoms with Crippen LogP contribution in [0.3, 0.4) is 0 Å². The summed E-state index contributed by atoms with van der Waals surface area (Å²) in [6.45, 7) is 0.117. The normalized spacial score (nSPS) is 19.7. The number of halogens is 2. The van der Waals surface area contributed by atoms with Crippen molar-refractivity contribution in [3.05, 3.63) is 34.9 Å². The van der Waals surface area contributed by atoms with Crippen molar-refractivity contribution in [3.63, 3.8) is 0 Å². The van der Waals surface area contributed by atoms with Gasteiger partial charge >= 0.3 is 21.3 Å². The average Bonchev–Trinajstić information content (AvgIpc) is 3.20. The fourth-order valence-electron chi connectivity index (χ4n) is 2.02. The number of carboxylic acid groups (broad SMARTS) is 1. The summed E-state index contributed by atoms with van der Waals surface area (Å²) in [4.78, 5) is 10.6. The summed E-state index contributed by atoms with van der Waals surface area (Å²) < 4.78 is 63.0. The molecule has 7 nitrogen and oxygen atoms in total. The Morgan fingerprint density at radius 3 is 2.55 bits per heavy atom. The molecule has 0 spiro atoms. The van der Waals surface area contributed by atoms with Gasteiger partial charge in [-0.25, -0.2) is 0 Å². The predicted octanol–water partition coefficient (Wildman–Crippen LogP) is 1.17. The number of carbonyl (C=O) groups is 1. The lowest BCUT2D eigenvalue weighted by molar-refractivity contribution is -0.137. The lowest BCUT2D eigenvalue weighted by Crippen LogP contribution is -2.27.